The van der Waals surface area contributed by atoms with E-state index >= 15 is 0 Å². The Morgan fingerprint density at radius 3 is 2.44 bits per heavy atom. The van der Waals surface area contributed by atoms with Crippen LogP contribution in [0.5, 0.6) is 5.75 Å². The van der Waals surface area contributed by atoms with Crippen LogP contribution in [0.15, 0.2) is 40.8 Å². The summed E-state index contributed by atoms with van der Waals surface area (Å²) in [6, 6.07) is 4.85. The van der Waals surface area contributed by atoms with Crippen LogP contribution >= 0.6 is 0 Å². The minimum Gasteiger partial charge on any atom is -0.497 e. The van der Waals surface area contributed by atoms with Gasteiger partial charge in [0.15, 0.2) is 0 Å². The lowest BCUT2D eigenvalue weighted by Gasteiger charge is -2.20. The number of likely N-dealkylation sites (tertiary alicyclic amines) is 1. The second-order valence-corrected chi connectivity index (χ2v) is 7.63. The van der Waals surface area contributed by atoms with Gasteiger partial charge in [-0.2, -0.15) is 0 Å². The Balaban J connectivity index is 1.61. The fraction of sp³-hybridized carbons (Fsp3) is 0.273. The summed E-state index contributed by atoms with van der Waals surface area (Å²) in [7, 11) is 1.27. The average molecular weight is 475 g/mol. The van der Waals surface area contributed by atoms with E-state index in [0.29, 0.717) is 5.89 Å². The minimum atomic E-state index is -1.30. The molecule has 178 valence electrons. The van der Waals surface area contributed by atoms with Gasteiger partial charge in [-0.3, -0.25) is 4.79 Å². The van der Waals surface area contributed by atoms with Gasteiger partial charge >= 0.3 is 6.03 Å². The van der Waals surface area contributed by atoms with E-state index in [9.17, 15) is 22.8 Å². The van der Waals surface area contributed by atoms with Crippen LogP contribution in [0.3, 0.4) is 0 Å². The van der Waals surface area contributed by atoms with Crippen molar-refractivity contribution in [3.63, 3.8) is 0 Å². The summed E-state index contributed by atoms with van der Waals surface area (Å²) in [5, 5.41) is 12.5. The molecule has 3 amide bonds. The van der Waals surface area contributed by atoms with Gasteiger partial charge in [0, 0.05) is 42.8 Å². The number of urea groups is 1. The first-order valence-electron chi connectivity index (χ1n) is 10.2. The topological polar surface area (TPSA) is 110 Å². The number of aromatic nitrogens is 2. The molecule has 0 radical (unpaired) electrons. The number of nitrogens with zero attached hydrogens (tertiary/aromatic N) is 3. The molecule has 1 saturated heterocycles. The number of ether oxygens (including phenoxy) is 1. The zero-order valence-corrected chi connectivity index (χ0v) is 18.1. The summed E-state index contributed by atoms with van der Waals surface area (Å²) < 4.78 is 53.1. The molecule has 0 bridgehead atoms. The van der Waals surface area contributed by atoms with Gasteiger partial charge in [0.1, 0.15) is 29.2 Å². The highest BCUT2D eigenvalue weighted by Gasteiger charge is 2.45. The number of hydrogen-bond donors (Lipinski definition) is 2. The first kappa shape index (κ1) is 23.1. The lowest BCUT2D eigenvalue weighted by molar-refractivity contribution is -0.130. The van der Waals surface area contributed by atoms with E-state index in [0.717, 1.165) is 24.3 Å². The van der Waals surface area contributed by atoms with Crippen molar-refractivity contribution in [2.24, 2.45) is 0 Å². The molecule has 3 aromatic rings. The predicted octanol–water partition coefficient (Wildman–Crippen LogP) is 3.12. The highest BCUT2D eigenvalue weighted by Crippen LogP contribution is 2.35. The second-order valence-electron chi connectivity index (χ2n) is 7.63. The molecule has 0 saturated carbocycles. The maximum atomic E-state index is 14.9. The van der Waals surface area contributed by atoms with Crippen LogP contribution in [-0.2, 0) is 11.3 Å². The normalized spacial score (nSPS) is 17.7. The first-order valence-corrected chi connectivity index (χ1v) is 10.2. The Morgan fingerprint density at radius 2 is 1.85 bits per heavy atom. The first-order chi connectivity index (χ1) is 16.2. The molecule has 1 aliphatic rings. The van der Waals surface area contributed by atoms with Gasteiger partial charge in [0.25, 0.3) is 0 Å². The molecule has 9 nitrogen and oxygen atoms in total. The quantitative estimate of drug-likeness (QED) is 0.567. The maximum absolute atomic E-state index is 14.9. The molecule has 2 heterocycles. The van der Waals surface area contributed by atoms with E-state index in [1.54, 1.807) is 6.92 Å². The summed E-state index contributed by atoms with van der Waals surface area (Å²) in [5.74, 6) is -3.59. The number of benzene rings is 2. The minimum absolute atomic E-state index is 0.0279. The van der Waals surface area contributed by atoms with Gasteiger partial charge in [0.05, 0.1) is 13.7 Å². The SMILES string of the molecule is COc1cc(F)c([C@@H]2CN(Cc3nnc(C)o3)C(=O)[C@H]2NC(=O)Nc2ccc(F)cc2)c(F)c1. The van der Waals surface area contributed by atoms with Crippen molar-refractivity contribution in [3.05, 3.63) is 71.2 Å². The molecule has 2 N–H and O–H groups in total. The fourth-order valence-corrected chi connectivity index (χ4v) is 3.80. The van der Waals surface area contributed by atoms with Crippen molar-refractivity contribution in [2.75, 3.05) is 19.0 Å². The number of hydrogen-bond acceptors (Lipinski definition) is 6. The van der Waals surface area contributed by atoms with E-state index in [-0.39, 0.29) is 36.0 Å². The lowest BCUT2D eigenvalue weighted by Crippen LogP contribution is -2.45. The predicted molar refractivity (Wildman–Crippen MR) is 112 cm³/mol. The summed E-state index contributed by atoms with van der Waals surface area (Å²) in [6.45, 7) is 1.35. The molecule has 1 aliphatic heterocycles. The molecule has 12 heteroatoms. The molecular formula is C22H20F3N5O4. The maximum Gasteiger partial charge on any atom is 0.319 e. The molecular weight excluding hydrogens is 455 g/mol. The summed E-state index contributed by atoms with van der Waals surface area (Å²) in [4.78, 5) is 27.0. The zero-order valence-electron chi connectivity index (χ0n) is 18.1. The smallest absolute Gasteiger partial charge is 0.319 e. The van der Waals surface area contributed by atoms with Gasteiger partial charge in [-0.05, 0) is 24.3 Å². The number of methoxy groups -OCH3 is 1. The van der Waals surface area contributed by atoms with Gasteiger partial charge in [0.2, 0.25) is 17.7 Å². The number of halogens is 3. The number of amides is 3. The Labute approximate surface area is 191 Å². The highest BCUT2D eigenvalue weighted by molar-refractivity contribution is 5.95. The molecule has 0 unspecified atom stereocenters. The number of anilines is 1. The van der Waals surface area contributed by atoms with Gasteiger partial charge < -0.3 is 24.7 Å². The highest BCUT2D eigenvalue weighted by atomic mass is 19.1. The van der Waals surface area contributed by atoms with Crippen molar-refractivity contribution in [1.29, 1.82) is 0 Å². The van der Waals surface area contributed by atoms with E-state index in [4.69, 9.17) is 9.15 Å². The van der Waals surface area contributed by atoms with Gasteiger partial charge in [-0.15, -0.1) is 10.2 Å². The third kappa shape index (κ3) is 4.80. The number of rotatable bonds is 6. The summed E-state index contributed by atoms with van der Waals surface area (Å²) >= 11 is 0. The van der Waals surface area contributed by atoms with E-state index in [1.807, 2.05) is 0 Å². The Morgan fingerprint density at radius 1 is 1.18 bits per heavy atom. The van der Waals surface area contributed by atoms with Crippen LogP contribution in [0.1, 0.15) is 23.3 Å². The third-order valence-electron chi connectivity index (χ3n) is 5.34. The Kier molecular flexibility index (Phi) is 6.39. The van der Waals surface area contributed by atoms with E-state index in [2.05, 4.69) is 20.8 Å². The van der Waals surface area contributed by atoms with Crippen LogP contribution in [-0.4, -0.2) is 46.7 Å². The van der Waals surface area contributed by atoms with Gasteiger partial charge in [-0.1, -0.05) is 0 Å². The molecule has 2 aromatic carbocycles. The monoisotopic (exact) mass is 475 g/mol. The molecule has 0 aliphatic carbocycles. The number of aryl methyl sites for hydroxylation is 1. The number of carbonyl (C=O) groups excluding carboxylic acids is 2. The van der Waals surface area contributed by atoms with Crippen molar-refractivity contribution < 1.29 is 31.9 Å². The van der Waals surface area contributed by atoms with Crippen LogP contribution < -0.4 is 15.4 Å². The van der Waals surface area contributed by atoms with Crippen LogP contribution in [0.25, 0.3) is 0 Å². The molecule has 2 atom stereocenters. The zero-order chi connectivity index (χ0) is 24.4. The molecule has 34 heavy (non-hydrogen) atoms. The molecule has 1 aromatic heterocycles. The standard InChI is InChI=1S/C22H20F3N5O4/c1-11-28-29-18(34-11)10-30-9-15(19-16(24)7-14(33-2)8-17(19)25)20(21(30)31)27-22(32)26-13-5-3-12(23)4-6-13/h3-8,15,20H,9-10H2,1-2H3,(H2,26,27,32)/t15-,20-/m0/s1. The molecule has 4 rings (SSSR count). The summed E-state index contributed by atoms with van der Waals surface area (Å²) in [5.41, 5.74) is -0.105. The Hall–Kier alpha value is -4.09. The molecule has 0 spiro atoms. The largest absolute Gasteiger partial charge is 0.497 e. The fourth-order valence-electron chi connectivity index (χ4n) is 3.80. The number of nitrogens with one attached hydrogen (secondary N) is 2. The second kappa shape index (κ2) is 9.41. The van der Waals surface area contributed by atoms with Crippen molar-refractivity contribution in [3.8, 4) is 5.75 Å². The van der Waals surface area contributed by atoms with Crippen LogP contribution in [0.4, 0.5) is 23.7 Å². The molecule has 1 fully saturated rings. The van der Waals surface area contributed by atoms with E-state index < -0.39 is 41.3 Å². The van der Waals surface area contributed by atoms with Crippen LogP contribution in [0.2, 0.25) is 0 Å². The van der Waals surface area contributed by atoms with Crippen molar-refractivity contribution in [1.82, 2.24) is 20.4 Å². The Bertz CT molecular complexity index is 1190. The van der Waals surface area contributed by atoms with Crippen LogP contribution in [0, 0.1) is 24.4 Å². The number of carbonyl (C=O) groups is 2. The third-order valence-corrected chi connectivity index (χ3v) is 5.34. The summed E-state index contributed by atoms with van der Waals surface area (Å²) in [6.07, 6.45) is 0. The lowest BCUT2D eigenvalue weighted by atomic mass is 9.93. The van der Waals surface area contributed by atoms with Gasteiger partial charge in [-0.25, -0.2) is 18.0 Å². The van der Waals surface area contributed by atoms with Crippen molar-refractivity contribution >= 4 is 17.6 Å². The van der Waals surface area contributed by atoms with Crippen molar-refractivity contribution in [2.45, 2.75) is 25.4 Å². The van der Waals surface area contributed by atoms with E-state index in [1.165, 1.54) is 24.1 Å². The average Bonchev–Trinajstić information content (AvgIpc) is 3.33.